The average Bonchev–Trinajstić information content (AvgIpc) is 2.37. The van der Waals surface area contributed by atoms with Crippen LogP contribution in [0.15, 0.2) is 0 Å². The Morgan fingerprint density at radius 3 is 0.895 bits per heavy atom. The van der Waals surface area contributed by atoms with Gasteiger partial charge in [-0.15, -0.1) is 0 Å². The van der Waals surface area contributed by atoms with Crippen molar-refractivity contribution in [2.75, 3.05) is 26.2 Å². The van der Waals surface area contributed by atoms with E-state index in [0.717, 1.165) is 0 Å². The molecule has 0 aliphatic carbocycles. The molecule has 0 unspecified atom stereocenters. The van der Waals surface area contributed by atoms with Gasteiger partial charge in [0.05, 0.1) is 26.2 Å². The number of nitrogens with zero attached hydrogens (tertiary/aromatic N) is 1. The molecular weight excluding hydrogens is 260 g/mol. The molecule has 19 heavy (non-hydrogen) atoms. The molecule has 0 rings (SSSR count). The zero-order valence-electron chi connectivity index (χ0n) is 13.9. The summed E-state index contributed by atoms with van der Waals surface area (Å²) in [4.78, 5) is 0. The van der Waals surface area contributed by atoms with Crippen molar-refractivity contribution in [3.63, 3.8) is 0 Å². The lowest BCUT2D eigenvalue weighted by Gasteiger charge is -2.39. The SMILES string of the molecule is CCCC[N+](CCCC)(CCCC)CCCC.[AlH3].[AlH3].[H-]. The van der Waals surface area contributed by atoms with Crippen LogP contribution in [-0.4, -0.2) is 65.4 Å². The lowest BCUT2D eigenvalue weighted by molar-refractivity contribution is -0.929. The van der Waals surface area contributed by atoms with Crippen LogP contribution in [0.4, 0.5) is 0 Å². The van der Waals surface area contributed by atoms with Crippen molar-refractivity contribution in [3.05, 3.63) is 0 Å². The van der Waals surface area contributed by atoms with Crippen LogP contribution in [0.3, 0.4) is 0 Å². The summed E-state index contributed by atoms with van der Waals surface area (Å²) in [5, 5.41) is 0. The molecule has 0 atom stereocenters. The second-order valence-corrected chi connectivity index (χ2v) is 5.65. The van der Waals surface area contributed by atoms with Crippen LogP contribution in [0.5, 0.6) is 0 Å². The van der Waals surface area contributed by atoms with E-state index >= 15 is 0 Å². The summed E-state index contributed by atoms with van der Waals surface area (Å²) < 4.78 is 1.42. The summed E-state index contributed by atoms with van der Waals surface area (Å²) in [6, 6.07) is 0. The van der Waals surface area contributed by atoms with Gasteiger partial charge in [-0.05, 0) is 25.7 Å². The monoisotopic (exact) mass is 303 g/mol. The highest BCUT2D eigenvalue weighted by atomic mass is 27.0. The maximum Gasteiger partial charge on any atom is 0.187 e. The van der Waals surface area contributed by atoms with Gasteiger partial charge in [0.25, 0.3) is 0 Å². The fourth-order valence-electron chi connectivity index (χ4n) is 2.64. The Bertz CT molecular complexity index is 131. The Morgan fingerprint density at radius 2 is 0.737 bits per heavy atom. The van der Waals surface area contributed by atoms with Crippen LogP contribution < -0.4 is 0 Å². The van der Waals surface area contributed by atoms with E-state index in [4.69, 9.17) is 0 Å². The zero-order chi connectivity index (χ0) is 13.0. The molecule has 0 spiro atoms. The quantitative estimate of drug-likeness (QED) is 0.384. The molecule has 3 heteroatoms. The normalized spacial score (nSPS) is 10.7. The molecule has 0 saturated heterocycles. The standard InChI is InChI=1S/C16H36N.2Al.7H/c1-5-9-13-17(14-10-6-2,15-11-7-3)16-12-8-4;;;;;;;;;/h5-16H2,1-4H3;;;;;;;;;/q+1;;;;;;;;;-1. The molecule has 0 N–H and O–H groups in total. The first-order valence-electron chi connectivity index (χ1n) is 8.09. The van der Waals surface area contributed by atoms with Crippen molar-refractivity contribution in [2.45, 2.75) is 79.1 Å². The molecule has 0 aliphatic heterocycles. The highest BCUT2D eigenvalue weighted by molar-refractivity contribution is 5.76. The van der Waals surface area contributed by atoms with Crippen molar-refractivity contribution in [2.24, 2.45) is 0 Å². The first kappa shape index (κ1) is 25.0. The molecule has 0 bridgehead atoms. The molecule has 0 aliphatic rings. The number of quaternary nitrogens is 1. The van der Waals surface area contributed by atoms with Gasteiger partial charge in [0.2, 0.25) is 0 Å². The molecular formula is C16H43Al2N. The first-order chi connectivity index (χ1) is 8.24. The molecule has 0 fully saturated rings. The lowest BCUT2D eigenvalue weighted by Crippen LogP contribution is -2.50. The topological polar surface area (TPSA) is 0 Å². The predicted octanol–water partition coefficient (Wildman–Crippen LogP) is 2.75. The minimum atomic E-state index is 0. The average molecular weight is 303 g/mol. The van der Waals surface area contributed by atoms with E-state index in [-0.39, 0.29) is 36.1 Å². The van der Waals surface area contributed by atoms with Crippen molar-refractivity contribution in [3.8, 4) is 0 Å². The lowest BCUT2D eigenvalue weighted by atomic mass is 10.1. The number of rotatable bonds is 12. The number of hydrogen-bond acceptors (Lipinski definition) is 0. The summed E-state index contributed by atoms with van der Waals surface area (Å²) in [6.07, 6.45) is 11.1. The highest BCUT2D eigenvalue weighted by Crippen LogP contribution is 2.16. The molecule has 0 radical (unpaired) electrons. The van der Waals surface area contributed by atoms with Gasteiger partial charge < -0.3 is 5.91 Å². The van der Waals surface area contributed by atoms with Gasteiger partial charge in [0.1, 0.15) is 0 Å². The van der Waals surface area contributed by atoms with E-state index in [1.165, 1.54) is 82.0 Å². The number of hydrogen-bond donors (Lipinski definition) is 0. The van der Waals surface area contributed by atoms with Crippen molar-refractivity contribution < 1.29 is 5.91 Å². The smallest absolute Gasteiger partial charge is 0.187 e. The molecule has 118 valence electrons. The van der Waals surface area contributed by atoms with E-state index < -0.39 is 0 Å². The molecule has 1 nitrogen and oxygen atoms in total. The van der Waals surface area contributed by atoms with E-state index in [2.05, 4.69) is 27.7 Å². The second kappa shape index (κ2) is 17.1. The number of unbranched alkanes of at least 4 members (excludes halogenated alkanes) is 4. The summed E-state index contributed by atoms with van der Waals surface area (Å²) in [5.74, 6) is 0. The van der Waals surface area contributed by atoms with Crippen LogP contribution in [-0.2, 0) is 0 Å². The van der Waals surface area contributed by atoms with Gasteiger partial charge in [-0.25, -0.2) is 0 Å². The third-order valence-corrected chi connectivity index (χ3v) is 3.94. The Kier molecular flexibility index (Phi) is 22.5. The van der Waals surface area contributed by atoms with Gasteiger partial charge in [-0.2, -0.15) is 0 Å². The second-order valence-electron chi connectivity index (χ2n) is 5.65. The van der Waals surface area contributed by atoms with Crippen LogP contribution in [0.25, 0.3) is 0 Å². The Hall–Kier alpha value is 1.02. The summed E-state index contributed by atoms with van der Waals surface area (Å²) in [6.45, 7) is 15.0. The van der Waals surface area contributed by atoms with E-state index in [1.807, 2.05) is 0 Å². The van der Waals surface area contributed by atoms with E-state index in [9.17, 15) is 0 Å². The fraction of sp³-hybridized carbons (Fsp3) is 1.00. The van der Waals surface area contributed by atoms with Gasteiger partial charge >= 0.3 is 0 Å². The van der Waals surface area contributed by atoms with Crippen molar-refractivity contribution in [1.82, 2.24) is 0 Å². The fourth-order valence-corrected chi connectivity index (χ4v) is 2.64. The van der Waals surface area contributed by atoms with Crippen LogP contribution in [0, 0.1) is 0 Å². The highest BCUT2D eigenvalue weighted by Gasteiger charge is 2.24. The largest absolute Gasteiger partial charge is 1.00 e. The minimum absolute atomic E-state index is 0. The van der Waals surface area contributed by atoms with Crippen LogP contribution in [0.2, 0.25) is 0 Å². The maximum absolute atomic E-state index is 2.33. The van der Waals surface area contributed by atoms with Gasteiger partial charge in [0.15, 0.2) is 34.7 Å². The molecule has 0 aromatic carbocycles. The van der Waals surface area contributed by atoms with Gasteiger partial charge in [0, 0.05) is 0 Å². The summed E-state index contributed by atoms with van der Waals surface area (Å²) >= 11 is 0. The summed E-state index contributed by atoms with van der Waals surface area (Å²) in [7, 11) is 0. The van der Waals surface area contributed by atoms with Gasteiger partial charge in [-0.3, -0.25) is 0 Å². The first-order valence-corrected chi connectivity index (χ1v) is 8.09. The Labute approximate surface area is 145 Å². The molecule has 0 saturated carbocycles. The third kappa shape index (κ3) is 12.5. The van der Waals surface area contributed by atoms with Crippen LogP contribution in [0.1, 0.15) is 80.5 Å². The van der Waals surface area contributed by atoms with Crippen LogP contribution >= 0.6 is 0 Å². The molecule has 0 aromatic rings. The minimum Gasteiger partial charge on any atom is -1.00 e. The van der Waals surface area contributed by atoms with Crippen molar-refractivity contribution >= 4 is 34.7 Å². The molecule has 0 amide bonds. The van der Waals surface area contributed by atoms with E-state index in [1.54, 1.807) is 0 Å². The van der Waals surface area contributed by atoms with E-state index in [0.29, 0.717) is 0 Å². The predicted molar refractivity (Wildman–Crippen MR) is 100 cm³/mol. The zero-order valence-corrected chi connectivity index (χ0v) is 12.9. The molecule has 0 aromatic heterocycles. The van der Waals surface area contributed by atoms with Gasteiger partial charge in [-0.1, -0.05) is 53.4 Å². The third-order valence-electron chi connectivity index (χ3n) is 3.94. The molecule has 0 heterocycles. The Balaban J connectivity index is -0.000000427. The van der Waals surface area contributed by atoms with Crippen molar-refractivity contribution in [1.29, 1.82) is 0 Å². The summed E-state index contributed by atoms with van der Waals surface area (Å²) in [5.41, 5.74) is 0. The Morgan fingerprint density at radius 1 is 0.526 bits per heavy atom. The maximum atomic E-state index is 2.33.